The Hall–Kier alpha value is -0.190. The third-order valence-corrected chi connectivity index (χ3v) is 0.888. The lowest BCUT2D eigenvalue weighted by atomic mass is 10.3. The van der Waals surface area contributed by atoms with Gasteiger partial charge in [0, 0.05) is 12.3 Å². The number of rotatable bonds is 2. The Kier molecular flexibility index (Phi) is 3.87. The van der Waals surface area contributed by atoms with Crippen molar-refractivity contribution in [2.24, 2.45) is 0 Å². The monoisotopic (exact) mass is 118 g/mol. The molecule has 0 saturated carbocycles. The standard InChI is InChI=1S/C5H7ClO/c1-2-3-5(7)4-6/h1,5,7H,3-4H2/t5-/m0/s1. The molecule has 40 valence electrons. The van der Waals surface area contributed by atoms with Gasteiger partial charge in [-0.1, -0.05) is 0 Å². The van der Waals surface area contributed by atoms with Crippen molar-refractivity contribution in [1.29, 1.82) is 0 Å². The third-order valence-electron chi connectivity index (χ3n) is 0.532. The maximum absolute atomic E-state index is 8.58. The van der Waals surface area contributed by atoms with Gasteiger partial charge in [-0.2, -0.15) is 0 Å². The van der Waals surface area contributed by atoms with Crippen LogP contribution in [0.4, 0.5) is 0 Å². The Labute approximate surface area is 48.3 Å². The van der Waals surface area contributed by atoms with Crippen molar-refractivity contribution >= 4 is 11.6 Å². The van der Waals surface area contributed by atoms with Crippen LogP contribution >= 0.6 is 11.6 Å². The minimum atomic E-state index is -0.522. The van der Waals surface area contributed by atoms with Crippen molar-refractivity contribution in [2.75, 3.05) is 5.88 Å². The fraction of sp³-hybridized carbons (Fsp3) is 0.600. The Morgan fingerprint density at radius 1 is 1.86 bits per heavy atom. The van der Waals surface area contributed by atoms with Crippen LogP contribution in [0.2, 0.25) is 0 Å². The van der Waals surface area contributed by atoms with Crippen LogP contribution in [0.15, 0.2) is 0 Å². The molecule has 0 amide bonds. The molecule has 0 spiro atoms. The minimum absolute atomic E-state index is 0.226. The first-order valence-electron chi connectivity index (χ1n) is 1.98. The average Bonchev–Trinajstić information content (AvgIpc) is 1.68. The summed E-state index contributed by atoms with van der Waals surface area (Å²) in [5, 5.41) is 8.58. The highest BCUT2D eigenvalue weighted by Gasteiger charge is 1.95. The third kappa shape index (κ3) is 3.65. The number of alkyl halides is 1. The fourth-order valence-electron chi connectivity index (χ4n) is 0.191. The van der Waals surface area contributed by atoms with Crippen LogP contribution in [0.3, 0.4) is 0 Å². The van der Waals surface area contributed by atoms with Crippen LogP contribution in [0, 0.1) is 12.3 Å². The first kappa shape index (κ1) is 6.81. The molecule has 0 aromatic carbocycles. The molecule has 7 heavy (non-hydrogen) atoms. The summed E-state index contributed by atoms with van der Waals surface area (Å²) in [6, 6.07) is 0. The molecule has 0 aromatic rings. The van der Waals surface area contributed by atoms with Crippen molar-refractivity contribution in [3.05, 3.63) is 0 Å². The van der Waals surface area contributed by atoms with E-state index in [4.69, 9.17) is 23.1 Å². The molecular weight excluding hydrogens is 112 g/mol. The van der Waals surface area contributed by atoms with Crippen LogP contribution < -0.4 is 0 Å². The quantitative estimate of drug-likeness (QED) is 0.416. The topological polar surface area (TPSA) is 20.2 Å². The zero-order chi connectivity index (χ0) is 5.70. The van der Waals surface area contributed by atoms with Crippen molar-refractivity contribution in [1.82, 2.24) is 0 Å². The number of hydrogen-bond donors (Lipinski definition) is 1. The number of hydrogen-bond acceptors (Lipinski definition) is 1. The summed E-state index contributed by atoms with van der Waals surface area (Å²) < 4.78 is 0. The van der Waals surface area contributed by atoms with Gasteiger partial charge in [0.05, 0.1) is 6.10 Å². The Bertz CT molecular complexity index is 74.6. The van der Waals surface area contributed by atoms with Gasteiger partial charge in [-0.25, -0.2) is 0 Å². The van der Waals surface area contributed by atoms with E-state index in [9.17, 15) is 0 Å². The minimum Gasteiger partial charge on any atom is -0.391 e. The lowest BCUT2D eigenvalue weighted by Crippen LogP contribution is -2.05. The summed E-state index contributed by atoms with van der Waals surface area (Å²) in [5.74, 6) is 2.51. The van der Waals surface area contributed by atoms with Gasteiger partial charge in [0.15, 0.2) is 0 Å². The summed E-state index contributed by atoms with van der Waals surface area (Å²) >= 11 is 5.19. The summed E-state index contributed by atoms with van der Waals surface area (Å²) in [7, 11) is 0. The van der Waals surface area contributed by atoms with Crippen LogP contribution in [0.1, 0.15) is 6.42 Å². The number of aliphatic hydroxyl groups is 1. The van der Waals surface area contributed by atoms with Gasteiger partial charge < -0.3 is 5.11 Å². The predicted molar refractivity (Wildman–Crippen MR) is 30.2 cm³/mol. The van der Waals surface area contributed by atoms with Crippen molar-refractivity contribution < 1.29 is 5.11 Å². The van der Waals surface area contributed by atoms with Crippen molar-refractivity contribution in [3.63, 3.8) is 0 Å². The lowest BCUT2D eigenvalue weighted by Gasteiger charge is -1.96. The molecule has 0 heterocycles. The molecule has 0 aromatic heterocycles. The number of aliphatic hydroxyl groups excluding tert-OH is 1. The predicted octanol–water partition coefficient (Wildman–Crippen LogP) is 0.609. The molecule has 2 heteroatoms. The van der Waals surface area contributed by atoms with Crippen molar-refractivity contribution in [2.45, 2.75) is 12.5 Å². The molecule has 0 aliphatic carbocycles. The molecule has 0 aliphatic rings. The zero-order valence-corrected chi connectivity index (χ0v) is 4.65. The Morgan fingerprint density at radius 3 is 2.57 bits per heavy atom. The molecule has 0 aliphatic heterocycles. The summed E-state index contributed by atoms with van der Waals surface area (Å²) in [4.78, 5) is 0. The molecule has 0 fully saturated rings. The van der Waals surface area contributed by atoms with Gasteiger partial charge in [-0.15, -0.1) is 23.9 Å². The maximum atomic E-state index is 8.58. The van der Waals surface area contributed by atoms with E-state index in [0.717, 1.165) is 0 Å². The average molecular weight is 119 g/mol. The SMILES string of the molecule is C#CC[C@H](O)CCl. The molecule has 1 atom stereocenters. The lowest BCUT2D eigenvalue weighted by molar-refractivity contribution is 0.204. The van der Waals surface area contributed by atoms with Crippen LogP contribution in [-0.2, 0) is 0 Å². The molecule has 0 bridgehead atoms. The number of terminal acetylenes is 1. The summed E-state index contributed by atoms with van der Waals surface area (Å²) in [6.07, 6.45) is 4.67. The van der Waals surface area contributed by atoms with Gasteiger partial charge in [-0.05, 0) is 0 Å². The van der Waals surface area contributed by atoms with E-state index in [2.05, 4.69) is 5.92 Å². The highest BCUT2D eigenvalue weighted by atomic mass is 35.5. The van der Waals surface area contributed by atoms with E-state index in [-0.39, 0.29) is 5.88 Å². The molecule has 0 rings (SSSR count). The van der Waals surface area contributed by atoms with Gasteiger partial charge >= 0.3 is 0 Å². The van der Waals surface area contributed by atoms with Gasteiger partial charge in [-0.3, -0.25) is 0 Å². The maximum Gasteiger partial charge on any atom is 0.0784 e. The molecule has 1 N–H and O–H groups in total. The second-order valence-electron chi connectivity index (χ2n) is 1.22. The second kappa shape index (κ2) is 3.98. The van der Waals surface area contributed by atoms with Gasteiger partial charge in [0.1, 0.15) is 0 Å². The van der Waals surface area contributed by atoms with Crippen LogP contribution in [0.5, 0.6) is 0 Å². The van der Waals surface area contributed by atoms with Crippen molar-refractivity contribution in [3.8, 4) is 12.3 Å². The Balaban J connectivity index is 3.03. The zero-order valence-electron chi connectivity index (χ0n) is 3.89. The smallest absolute Gasteiger partial charge is 0.0784 e. The van der Waals surface area contributed by atoms with E-state index >= 15 is 0 Å². The van der Waals surface area contributed by atoms with E-state index in [1.807, 2.05) is 0 Å². The van der Waals surface area contributed by atoms with Crippen LogP contribution in [-0.4, -0.2) is 17.1 Å². The molecule has 0 saturated heterocycles. The summed E-state index contributed by atoms with van der Waals surface area (Å²) in [6.45, 7) is 0. The first-order chi connectivity index (χ1) is 3.31. The fourth-order valence-corrected chi connectivity index (χ4v) is 0.300. The molecular formula is C5H7ClO. The molecule has 0 unspecified atom stereocenters. The van der Waals surface area contributed by atoms with E-state index < -0.39 is 6.10 Å². The van der Waals surface area contributed by atoms with Gasteiger partial charge in [0.25, 0.3) is 0 Å². The summed E-state index contributed by atoms with van der Waals surface area (Å²) in [5.41, 5.74) is 0. The van der Waals surface area contributed by atoms with E-state index in [1.165, 1.54) is 0 Å². The highest BCUT2D eigenvalue weighted by Crippen LogP contribution is 1.90. The van der Waals surface area contributed by atoms with E-state index in [1.54, 1.807) is 0 Å². The Morgan fingerprint density at radius 2 is 2.43 bits per heavy atom. The highest BCUT2D eigenvalue weighted by molar-refractivity contribution is 6.18. The molecule has 0 radical (unpaired) electrons. The molecule has 1 nitrogen and oxygen atoms in total. The number of halogens is 1. The van der Waals surface area contributed by atoms with E-state index in [0.29, 0.717) is 6.42 Å². The van der Waals surface area contributed by atoms with Gasteiger partial charge in [0.2, 0.25) is 0 Å². The first-order valence-corrected chi connectivity index (χ1v) is 2.52. The second-order valence-corrected chi connectivity index (χ2v) is 1.52. The normalized spacial score (nSPS) is 12.7. The van der Waals surface area contributed by atoms with Crippen LogP contribution in [0.25, 0.3) is 0 Å². The largest absolute Gasteiger partial charge is 0.391 e.